The summed E-state index contributed by atoms with van der Waals surface area (Å²) >= 11 is 1.92. The Hall–Kier alpha value is -1.34. The van der Waals surface area contributed by atoms with Crippen molar-refractivity contribution in [1.82, 2.24) is 0 Å². The SMILES string of the molecule is C/C=c1\c(=C/CC)sc2ccc(C3C=CCCC3)cc12. The second-order valence-corrected chi connectivity index (χ2v) is 6.59. The average molecular weight is 282 g/mol. The highest BCUT2D eigenvalue weighted by atomic mass is 32.1. The molecule has 20 heavy (non-hydrogen) atoms. The highest BCUT2D eigenvalue weighted by Gasteiger charge is 2.12. The van der Waals surface area contributed by atoms with Crippen LogP contribution >= 0.6 is 11.3 Å². The van der Waals surface area contributed by atoms with Crippen molar-refractivity contribution in [2.45, 2.75) is 45.4 Å². The van der Waals surface area contributed by atoms with E-state index in [1.165, 1.54) is 44.7 Å². The zero-order chi connectivity index (χ0) is 13.9. The molecule has 0 fully saturated rings. The molecule has 1 heterocycles. The summed E-state index contributed by atoms with van der Waals surface area (Å²) in [6.07, 6.45) is 14.3. The van der Waals surface area contributed by atoms with Gasteiger partial charge < -0.3 is 0 Å². The first-order valence-corrected chi connectivity index (χ1v) is 8.50. The van der Waals surface area contributed by atoms with E-state index in [1.807, 2.05) is 11.3 Å². The largest absolute Gasteiger partial charge is 0.136 e. The highest BCUT2D eigenvalue weighted by molar-refractivity contribution is 7.17. The summed E-state index contributed by atoms with van der Waals surface area (Å²) in [6.45, 7) is 4.36. The molecule has 0 saturated heterocycles. The Bertz CT molecular complexity index is 746. The lowest BCUT2D eigenvalue weighted by atomic mass is 9.89. The lowest BCUT2D eigenvalue weighted by molar-refractivity contribution is 0.655. The van der Waals surface area contributed by atoms with Gasteiger partial charge in [0.2, 0.25) is 0 Å². The molecule has 1 aromatic carbocycles. The topological polar surface area (TPSA) is 0 Å². The van der Waals surface area contributed by atoms with Crippen molar-refractivity contribution in [3.8, 4) is 0 Å². The van der Waals surface area contributed by atoms with E-state index < -0.39 is 0 Å². The van der Waals surface area contributed by atoms with Crippen molar-refractivity contribution in [1.29, 1.82) is 0 Å². The van der Waals surface area contributed by atoms with Crippen LogP contribution in [0.5, 0.6) is 0 Å². The Morgan fingerprint density at radius 2 is 2.25 bits per heavy atom. The van der Waals surface area contributed by atoms with Crippen LogP contribution in [0.4, 0.5) is 0 Å². The van der Waals surface area contributed by atoms with Crippen molar-refractivity contribution >= 4 is 33.6 Å². The van der Waals surface area contributed by atoms with Gasteiger partial charge in [-0.25, -0.2) is 0 Å². The summed E-state index contributed by atoms with van der Waals surface area (Å²) in [6, 6.07) is 7.07. The monoisotopic (exact) mass is 282 g/mol. The van der Waals surface area contributed by atoms with E-state index in [0.29, 0.717) is 5.92 Å². The van der Waals surface area contributed by atoms with Crippen LogP contribution in [-0.4, -0.2) is 0 Å². The van der Waals surface area contributed by atoms with Gasteiger partial charge in [0.1, 0.15) is 0 Å². The van der Waals surface area contributed by atoms with Crippen LogP contribution in [0.2, 0.25) is 0 Å². The average Bonchev–Trinajstić information content (AvgIpc) is 2.84. The summed E-state index contributed by atoms with van der Waals surface area (Å²) < 4.78 is 2.85. The Morgan fingerprint density at radius 1 is 1.35 bits per heavy atom. The van der Waals surface area contributed by atoms with Crippen LogP contribution < -0.4 is 9.75 Å². The fourth-order valence-corrected chi connectivity index (χ4v) is 4.35. The molecule has 2 aromatic rings. The normalized spacial score (nSPS) is 21.0. The van der Waals surface area contributed by atoms with Crippen molar-refractivity contribution in [2.24, 2.45) is 0 Å². The molecular weight excluding hydrogens is 260 g/mol. The summed E-state index contributed by atoms with van der Waals surface area (Å²) in [7, 11) is 0. The number of benzene rings is 1. The van der Waals surface area contributed by atoms with Crippen LogP contribution in [0.1, 0.15) is 51.0 Å². The van der Waals surface area contributed by atoms with Gasteiger partial charge in [-0.05, 0) is 55.5 Å². The zero-order valence-electron chi connectivity index (χ0n) is 12.4. The molecule has 1 heteroatoms. The molecule has 0 aliphatic heterocycles. The minimum atomic E-state index is 0.622. The van der Waals surface area contributed by atoms with E-state index in [0.717, 1.165) is 6.42 Å². The van der Waals surface area contributed by atoms with Gasteiger partial charge in [0, 0.05) is 20.5 Å². The van der Waals surface area contributed by atoms with Gasteiger partial charge in [0.25, 0.3) is 0 Å². The van der Waals surface area contributed by atoms with Gasteiger partial charge in [0.05, 0.1) is 0 Å². The number of hydrogen-bond acceptors (Lipinski definition) is 1. The van der Waals surface area contributed by atoms with Gasteiger partial charge in [-0.3, -0.25) is 0 Å². The van der Waals surface area contributed by atoms with Gasteiger partial charge in [-0.15, -0.1) is 11.3 Å². The molecule has 0 spiro atoms. The van der Waals surface area contributed by atoms with E-state index in [-0.39, 0.29) is 0 Å². The number of allylic oxidation sites excluding steroid dienone is 2. The maximum Gasteiger partial charge on any atom is 0.0355 e. The fraction of sp³-hybridized carbons (Fsp3) is 0.368. The molecule has 104 valence electrons. The van der Waals surface area contributed by atoms with E-state index >= 15 is 0 Å². The van der Waals surface area contributed by atoms with Crippen LogP contribution in [-0.2, 0) is 0 Å². The van der Waals surface area contributed by atoms with Crippen LogP contribution in [0.15, 0.2) is 30.4 Å². The molecular formula is C19H22S. The summed E-state index contributed by atoms with van der Waals surface area (Å²) in [5.41, 5.74) is 1.48. The minimum absolute atomic E-state index is 0.622. The number of fused-ring (bicyclic) bond motifs is 1. The third-order valence-electron chi connectivity index (χ3n) is 4.14. The van der Waals surface area contributed by atoms with Gasteiger partial charge in [-0.1, -0.05) is 37.3 Å². The molecule has 0 radical (unpaired) electrons. The smallest absolute Gasteiger partial charge is 0.0355 e. The first-order chi connectivity index (χ1) is 9.83. The van der Waals surface area contributed by atoms with Crippen LogP contribution in [0, 0.1) is 0 Å². The van der Waals surface area contributed by atoms with Crippen molar-refractivity contribution < 1.29 is 0 Å². The van der Waals surface area contributed by atoms with Crippen molar-refractivity contribution in [3.63, 3.8) is 0 Å². The Labute approximate surface area is 125 Å². The highest BCUT2D eigenvalue weighted by Crippen LogP contribution is 2.29. The fourth-order valence-electron chi connectivity index (χ4n) is 3.11. The van der Waals surface area contributed by atoms with E-state index in [9.17, 15) is 0 Å². The molecule has 1 aliphatic rings. The van der Waals surface area contributed by atoms with Gasteiger partial charge >= 0.3 is 0 Å². The summed E-state index contributed by atoms with van der Waals surface area (Å²) in [5, 5.41) is 2.86. The lowest BCUT2D eigenvalue weighted by Crippen LogP contribution is -2.17. The minimum Gasteiger partial charge on any atom is -0.136 e. The summed E-state index contributed by atoms with van der Waals surface area (Å²) in [5.74, 6) is 0.622. The Morgan fingerprint density at radius 3 is 2.95 bits per heavy atom. The quantitative estimate of drug-likeness (QED) is 0.699. The predicted molar refractivity (Wildman–Crippen MR) is 91.7 cm³/mol. The molecule has 0 nitrogen and oxygen atoms in total. The molecule has 0 saturated carbocycles. The first-order valence-electron chi connectivity index (χ1n) is 7.69. The van der Waals surface area contributed by atoms with Crippen LogP contribution in [0.3, 0.4) is 0 Å². The predicted octanol–water partition coefficient (Wildman–Crippen LogP) is 4.72. The second kappa shape index (κ2) is 5.97. The van der Waals surface area contributed by atoms with Gasteiger partial charge in [-0.2, -0.15) is 0 Å². The van der Waals surface area contributed by atoms with Crippen LogP contribution in [0.25, 0.3) is 22.2 Å². The molecule has 1 atom stereocenters. The third-order valence-corrected chi connectivity index (χ3v) is 5.32. The lowest BCUT2D eigenvalue weighted by Gasteiger charge is -2.16. The van der Waals surface area contributed by atoms with Crippen molar-refractivity contribution in [3.05, 3.63) is 45.7 Å². The maximum absolute atomic E-state index is 2.43. The number of thiophene rings is 1. The second-order valence-electron chi connectivity index (χ2n) is 5.50. The molecule has 1 aliphatic carbocycles. The van der Waals surface area contributed by atoms with E-state index in [1.54, 1.807) is 0 Å². The van der Waals surface area contributed by atoms with Crippen molar-refractivity contribution in [2.75, 3.05) is 0 Å². The molecule has 1 aromatic heterocycles. The molecule has 0 amide bonds. The zero-order valence-corrected chi connectivity index (χ0v) is 13.2. The molecule has 0 bridgehead atoms. The number of rotatable bonds is 2. The maximum atomic E-state index is 2.43. The molecule has 1 unspecified atom stereocenters. The van der Waals surface area contributed by atoms with E-state index in [4.69, 9.17) is 0 Å². The summed E-state index contributed by atoms with van der Waals surface area (Å²) in [4.78, 5) is 0. The first kappa shape index (κ1) is 13.6. The van der Waals surface area contributed by atoms with E-state index in [2.05, 4.69) is 56.4 Å². The standard InChI is InChI=1S/C19H22S/c1-3-8-18-16(4-2)17-13-15(11-12-19(17)20-18)14-9-6-5-7-10-14/h4,6,8-9,11-14H,3,5,7,10H2,1-2H3/b16-4-,18-8+. The molecule has 3 rings (SSSR count). The number of hydrogen-bond donors (Lipinski definition) is 0. The molecule has 0 N–H and O–H groups in total. The Balaban J connectivity index is 2.17. The van der Waals surface area contributed by atoms with Gasteiger partial charge in [0.15, 0.2) is 0 Å². The Kier molecular flexibility index (Phi) is 4.07. The third kappa shape index (κ3) is 2.47.